The molecule has 0 aromatic heterocycles. The van der Waals surface area contributed by atoms with Crippen molar-refractivity contribution in [3.05, 3.63) is 29.8 Å². The number of urea groups is 1. The number of nitrogens with zero attached hydrogens (tertiary/aromatic N) is 2. The molecule has 0 atom stereocenters. The fraction of sp³-hybridized carbons (Fsp3) is 0.526. The standard InChI is InChI=1S/C19H26N4O3/c1-4-23(13(2)3)15-7-5-14(6-8-15)16(24)22-11-9-19(10-12-22)17(25)20-18(26)21-19/h5-8,13H,4,9-12H2,1-3H3,(H2,20,21,25,26). The average molecular weight is 358 g/mol. The Morgan fingerprint density at radius 2 is 1.81 bits per heavy atom. The Balaban J connectivity index is 1.65. The molecule has 2 heterocycles. The average Bonchev–Trinajstić information content (AvgIpc) is 2.89. The SMILES string of the molecule is CCN(c1ccc(C(=O)N2CCC3(CC2)NC(=O)NC3=O)cc1)C(C)C. The van der Waals surface area contributed by atoms with E-state index in [4.69, 9.17) is 0 Å². The van der Waals surface area contributed by atoms with E-state index < -0.39 is 11.6 Å². The highest BCUT2D eigenvalue weighted by Gasteiger charge is 2.48. The van der Waals surface area contributed by atoms with Crippen LogP contribution in [0.3, 0.4) is 0 Å². The van der Waals surface area contributed by atoms with Crippen molar-refractivity contribution in [2.45, 2.75) is 45.2 Å². The quantitative estimate of drug-likeness (QED) is 0.803. The Morgan fingerprint density at radius 3 is 2.27 bits per heavy atom. The van der Waals surface area contributed by atoms with Gasteiger partial charge in [-0.3, -0.25) is 14.9 Å². The van der Waals surface area contributed by atoms with Crippen molar-refractivity contribution in [3.8, 4) is 0 Å². The van der Waals surface area contributed by atoms with Crippen LogP contribution in [-0.2, 0) is 4.79 Å². The first-order chi connectivity index (χ1) is 12.4. The highest BCUT2D eigenvalue weighted by Crippen LogP contribution is 2.27. The summed E-state index contributed by atoms with van der Waals surface area (Å²) in [6.07, 6.45) is 0.872. The number of piperidine rings is 1. The lowest BCUT2D eigenvalue weighted by Crippen LogP contribution is -2.55. The van der Waals surface area contributed by atoms with Crippen molar-refractivity contribution in [1.29, 1.82) is 0 Å². The third kappa shape index (κ3) is 3.25. The summed E-state index contributed by atoms with van der Waals surface area (Å²) in [7, 11) is 0. The van der Waals surface area contributed by atoms with E-state index >= 15 is 0 Å². The number of rotatable bonds is 4. The Kier molecular flexibility index (Phi) is 4.89. The summed E-state index contributed by atoms with van der Waals surface area (Å²) in [5.41, 5.74) is 0.891. The molecule has 0 unspecified atom stereocenters. The number of carbonyl (C=O) groups is 3. The Labute approximate surface area is 153 Å². The monoisotopic (exact) mass is 358 g/mol. The molecular weight excluding hydrogens is 332 g/mol. The number of anilines is 1. The minimum atomic E-state index is -0.851. The summed E-state index contributed by atoms with van der Waals surface area (Å²) in [5, 5.41) is 5.00. The molecule has 1 spiro atoms. The van der Waals surface area contributed by atoms with Gasteiger partial charge in [-0.2, -0.15) is 0 Å². The predicted octanol–water partition coefficient (Wildman–Crippen LogP) is 1.74. The Bertz CT molecular complexity index is 706. The molecule has 2 saturated heterocycles. The summed E-state index contributed by atoms with van der Waals surface area (Å²) < 4.78 is 0. The van der Waals surface area contributed by atoms with Crippen LogP contribution in [-0.4, -0.2) is 54.0 Å². The molecule has 2 aliphatic heterocycles. The van der Waals surface area contributed by atoms with Gasteiger partial charge in [0.2, 0.25) is 0 Å². The fourth-order valence-corrected chi connectivity index (χ4v) is 3.80. The van der Waals surface area contributed by atoms with E-state index in [-0.39, 0.29) is 11.8 Å². The van der Waals surface area contributed by atoms with Crippen LogP contribution in [0.5, 0.6) is 0 Å². The Morgan fingerprint density at radius 1 is 1.19 bits per heavy atom. The highest BCUT2D eigenvalue weighted by molar-refractivity contribution is 6.07. The van der Waals surface area contributed by atoms with Gasteiger partial charge in [0, 0.05) is 36.9 Å². The molecule has 4 amide bonds. The van der Waals surface area contributed by atoms with E-state index in [9.17, 15) is 14.4 Å². The van der Waals surface area contributed by atoms with Crippen LogP contribution < -0.4 is 15.5 Å². The van der Waals surface area contributed by atoms with Crippen LogP contribution in [0, 0.1) is 0 Å². The zero-order valence-electron chi connectivity index (χ0n) is 15.5. The van der Waals surface area contributed by atoms with Gasteiger partial charge in [0.15, 0.2) is 0 Å². The first kappa shape index (κ1) is 18.2. The third-order valence-corrected chi connectivity index (χ3v) is 5.33. The summed E-state index contributed by atoms with van der Waals surface area (Å²) in [6.45, 7) is 8.20. The molecule has 1 aromatic carbocycles. The first-order valence-electron chi connectivity index (χ1n) is 9.16. The molecule has 0 saturated carbocycles. The van der Waals surface area contributed by atoms with Gasteiger partial charge in [-0.05, 0) is 57.9 Å². The van der Waals surface area contributed by atoms with Crippen molar-refractivity contribution in [3.63, 3.8) is 0 Å². The van der Waals surface area contributed by atoms with E-state index in [2.05, 4.69) is 36.3 Å². The summed E-state index contributed by atoms with van der Waals surface area (Å²) >= 11 is 0. The molecule has 0 radical (unpaired) electrons. The smallest absolute Gasteiger partial charge is 0.322 e. The molecule has 0 bridgehead atoms. The normalized spacial score (nSPS) is 18.8. The van der Waals surface area contributed by atoms with Gasteiger partial charge < -0.3 is 15.1 Å². The van der Waals surface area contributed by atoms with Gasteiger partial charge in [-0.25, -0.2) is 4.79 Å². The molecule has 0 aliphatic carbocycles. The van der Waals surface area contributed by atoms with E-state index in [1.807, 2.05) is 24.3 Å². The van der Waals surface area contributed by atoms with Crippen LogP contribution in [0.25, 0.3) is 0 Å². The fourth-order valence-electron chi connectivity index (χ4n) is 3.80. The predicted molar refractivity (Wildman–Crippen MR) is 99.1 cm³/mol. The zero-order valence-corrected chi connectivity index (χ0v) is 15.5. The van der Waals surface area contributed by atoms with Crippen LogP contribution in [0.2, 0.25) is 0 Å². The van der Waals surface area contributed by atoms with Crippen molar-refractivity contribution in [2.75, 3.05) is 24.5 Å². The molecule has 2 fully saturated rings. The number of imide groups is 1. The molecular formula is C19H26N4O3. The number of likely N-dealkylation sites (tertiary alicyclic amines) is 1. The lowest BCUT2D eigenvalue weighted by molar-refractivity contribution is -0.125. The molecule has 3 rings (SSSR count). The Hall–Kier alpha value is -2.57. The van der Waals surface area contributed by atoms with Gasteiger partial charge in [0.25, 0.3) is 11.8 Å². The summed E-state index contributed by atoms with van der Waals surface area (Å²) in [6, 6.07) is 7.62. The maximum atomic E-state index is 12.8. The van der Waals surface area contributed by atoms with Crippen LogP contribution in [0.4, 0.5) is 10.5 Å². The highest BCUT2D eigenvalue weighted by atomic mass is 16.2. The number of benzene rings is 1. The van der Waals surface area contributed by atoms with Crippen LogP contribution in [0.15, 0.2) is 24.3 Å². The number of hydrogen-bond donors (Lipinski definition) is 2. The van der Waals surface area contributed by atoms with E-state index in [0.29, 0.717) is 37.5 Å². The first-order valence-corrected chi connectivity index (χ1v) is 9.16. The maximum absolute atomic E-state index is 12.8. The minimum Gasteiger partial charge on any atom is -0.369 e. The second kappa shape index (κ2) is 6.97. The molecule has 7 heteroatoms. The lowest BCUT2D eigenvalue weighted by Gasteiger charge is -2.37. The second-order valence-corrected chi connectivity index (χ2v) is 7.21. The van der Waals surface area contributed by atoms with E-state index in [0.717, 1.165) is 12.2 Å². The van der Waals surface area contributed by atoms with Gasteiger partial charge in [0.1, 0.15) is 5.54 Å². The second-order valence-electron chi connectivity index (χ2n) is 7.21. The summed E-state index contributed by atoms with van der Waals surface area (Å²) in [4.78, 5) is 40.2. The van der Waals surface area contributed by atoms with Crippen molar-refractivity contribution in [1.82, 2.24) is 15.5 Å². The van der Waals surface area contributed by atoms with Crippen molar-refractivity contribution in [2.24, 2.45) is 0 Å². The number of carbonyl (C=O) groups excluding carboxylic acids is 3. The third-order valence-electron chi connectivity index (χ3n) is 5.33. The van der Waals surface area contributed by atoms with E-state index in [1.165, 1.54) is 0 Å². The topological polar surface area (TPSA) is 81.8 Å². The lowest BCUT2D eigenvalue weighted by atomic mass is 9.87. The molecule has 2 aliphatic rings. The minimum absolute atomic E-state index is 0.0382. The summed E-state index contributed by atoms with van der Waals surface area (Å²) in [5.74, 6) is -0.323. The van der Waals surface area contributed by atoms with Crippen molar-refractivity contribution < 1.29 is 14.4 Å². The van der Waals surface area contributed by atoms with Crippen molar-refractivity contribution >= 4 is 23.5 Å². The maximum Gasteiger partial charge on any atom is 0.322 e. The number of amides is 4. The molecule has 2 N–H and O–H groups in total. The largest absolute Gasteiger partial charge is 0.369 e. The van der Waals surface area contributed by atoms with Crippen LogP contribution >= 0.6 is 0 Å². The van der Waals surface area contributed by atoms with Gasteiger partial charge in [-0.1, -0.05) is 0 Å². The van der Waals surface area contributed by atoms with Gasteiger partial charge >= 0.3 is 6.03 Å². The van der Waals surface area contributed by atoms with Gasteiger partial charge in [-0.15, -0.1) is 0 Å². The molecule has 1 aromatic rings. The molecule has 26 heavy (non-hydrogen) atoms. The number of nitrogens with one attached hydrogen (secondary N) is 2. The van der Waals surface area contributed by atoms with E-state index in [1.54, 1.807) is 4.90 Å². The van der Waals surface area contributed by atoms with Crippen LogP contribution in [0.1, 0.15) is 44.0 Å². The number of hydrogen-bond acceptors (Lipinski definition) is 4. The van der Waals surface area contributed by atoms with Gasteiger partial charge in [0.05, 0.1) is 0 Å². The molecule has 140 valence electrons. The molecule has 7 nitrogen and oxygen atoms in total. The zero-order chi connectivity index (χ0) is 18.9.